The second kappa shape index (κ2) is 10.1. The topological polar surface area (TPSA) is 91.0 Å². The van der Waals surface area contributed by atoms with E-state index in [2.05, 4.69) is 29.4 Å². The highest BCUT2D eigenvalue weighted by atomic mass is 16.5. The molecule has 1 aliphatic heterocycles. The van der Waals surface area contributed by atoms with E-state index in [1.54, 1.807) is 18.2 Å². The number of nitrogens with one attached hydrogen (secondary N) is 2. The zero-order valence-electron chi connectivity index (χ0n) is 18.8. The van der Waals surface area contributed by atoms with E-state index in [1.165, 1.54) is 0 Å². The van der Waals surface area contributed by atoms with E-state index in [1.807, 2.05) is 13.0 Å². The fourth-order valence-corrected chi connectivity index (χ4v) is 4.49. The minimum atomic E-state index is -0.860. The number of carbonyl (C=O) groups excluding carboxylic acids is 3. The first-order valence-corrected chi connectivity index (χ1v) is 11.3. The van der Waals surface area contributed by atoms with Crippen LogP contribution in [0.2, 0.25) is 0 Å². The number of imide groups is 1. The van der Waals surface area contributed by atoms with E-state index < -0.39 is 17.5 Å². The number of likely N-dealkylation sites (N-methyl/N-ethyl adjacent to an activating group) is 1. The van der Waals surface area contributed by atoms with Gasteiger partial charge in [-0.1, -0.05) is 45.7 Å². The van der Waals surface area contributed by atoms with Crippen LogP contribution in [-0.2, 0) is 9.59 Å². The molecule has 1 aromatic rings. The number of hydrogen-bond donors (Lipinski definition) is 2. The van der Waals surface area contributed by atoms with Crippen molar-refractivity contribution < 1.29 is 19.1 Å². The highest BCUT2D eigenvalue weighted by molar-refractivity contribution is 6.10. The third kappa shape index (κ3) is 5.01. The number of nitrogens with zero attached hydrogens (tertiary/aromatic N) is 2. The monoisotopic (exact) mass is 430 g/mol. The maximum atomic E-state index is 13.1. The first-order valence-electron chi connectivity index (χ1n) is 11.3. The summed E-state index contributed by atoms with van der Waals surface area (Å²) in [5.41, 5.74) is -0.332. The molecule has 1 saturated heterocycles. The van der Waals surface area contributed by atoms with E-state index in [0.717, 1.165) is 43.8 Å². The highest BCUT2D eigenvalue weighted by Gasteiger charge is 2.55. The lowest BCUT2D eigenvalue weighted by Crippen LogP contribution is -2.54. The van der Waals surface area contributed by atoms with Gasteiger partial charge >= 0.3 is 6.03 Å². The molecule has 1 heterocycles. The first-order chi connectivity index (χ1) is 14.9. The van der Waals surface area contributed by atoms with Crippen molar-refractivity contribution in [2.24, 2.45) is 5.92 Å². The maximum Gasteiger partial charge on any atom is 0.325 e. The van der Waals surface area contributed by atoms with E-state index in [-0.39, 0.29) is 18.4 Å². The number of urea groups is 1. The molecule has 170 valence electrons. The smallest absolute Gasteiger partial charge is 0.325 e. The van der Waals surface area contributed by atoms with Crippen LogP contribution in [0.4, 0.5) is 10.5 Å². The largest absolute Gasteiger partial charge is 0.490 e. The summed E-state index contributed by atoms with van der Waals surface area (Å²) in [6.07, 6.45) is 3.47. The van der Waals surface area contributed by atoms with Crippen molar-refractivity contribution in [3.05, 3.63) is 24.3 Å². The molecule has 2 atom stereocenters. The van der Waals surface area contributed by atoms with Crippen LogP contribution >= 0.6 is 0 Å². The van der Waals surface area contributed by atoms with Crippen molar-refractivity contribution in [1.29, 1.82) is 0 Å². The van der Waals surface area contributed by atoms with Gasteiger partial charge in [0.2, 0.25) is 5.91 Å². The SMILES string of the molecule is CCN(CC)CCOc1ccccc1NC(=O)CN1C(=O)NC2(CCCCC2C)C1=O. The van der Waals surface area contributed by atoms with Crippen molar-refractivity contribution in [2.45, 2.75) is 52.0 Å². The molecule has 31 heavy (non-hydrogen) atoms. The predicted octanol–water partition coefficient (Wildman–Crippen LogP) is 2.85. The van der Waals surface area contributed by atoms with E-state index >= 15 is 0 Å². The van der Waals surface area contributed by atoms with Gasteiger partial charge in [0.25, 0.3) is 5.91 Å². The zero-order chi connectivity index (χ0) is 22.4. The summed E-state index contributed by atoms with van der Waals surface area (Å²) in [6.45, 7) is 9.07. The quantitative estimate of drug-likeness (QED) is 0.588. The van der Waals surface area contributed by atoms with Crippen molar-refractivity contribution in [1.82, 2.24) is 15.1 Å². The molecule has 2 unspecified atom stereocenters. The molecule has 1 aromatic carbocycles. The fourth-order valence-electron chi connectivity index (χ4n) is 4.49. The lowest BCUT2D eigenvalue weighted by Gasteiger charge is -2.36. The van der Waals surface area contributed by atoms with Gasteiger partial charge in [0, 0.05) is 6.54 Å². The Morgan fingerprint density at radius 2 is 2.00 bits per heavy atom. The van der Waals surface area contributed by atoms with Gasteiger partial charge in [0.05, 0.1) is 5.69 Å². The van der Waals surface area contributed by atoms with Gasteiger partial charge in [0.15, 0.2) is 0 Å². The van der Waals surface area contributed by atoms with Gasteiger partial charge < -0.3 is 20.3 Å². The molecule has 1 saturated carbocycles. The van der Waals surface area contributed by atoms with Gasteiger partial charge in [-0.3, -0.25) is 14.5 Å². The van der Waals surface area contributed by atoms with Crippen molar-refractivity contribution in [3.8, 4) is 5.75 Å². The van der Waals surface area contributed by atoms with Gasteiger partial charge in [-0.05, 0) is 44.0 Å². The summed E-state index contributed by atoms with van der Waals surface area (Å²) >= 11 is 0. The third-order valence-electron chi connectivity index (χ3n) is 6.52. The number of para-hydroxylation sites is 2. The summed E-state index contributed by atoms with van der Waals surface area (Å²) in [7, 11) is 0. The molecule has 0 bridgehead atoms. The molecular formula is C23H34N4O4. The molecule has 3 rings (SSSR count). The molecule has 2 N–H and O–H groups in total. The van der Waals surface area contributed by atoms with Gasteiger partial charge in [-0.2, -0.15) is 0 Å². The lowest BCUT2D eigenvalue weighted by atomic mass is 9.73. The Hall–Kier alpha value is -2.61. The molecule has 8 nitrogen and oxygen atoms in total. The minimum Gasteiger partial charge on any atom is -0.490 e. The number of benzene rings is 1. The standard InChI is InChI=1S/C23H34N4O4/c1-4-26(5-2)14-15-31-19-12-7-6-11-18(19)24-20(28)16-27-21(29)23(25-22(27)30)13-9-8-10-17(23)3/h6-7,11-12,17H,4-5,8-10,13-16H2,1-3H3,(H,24,28)(H,25,30). The van der Waals surface area contributed by atoms with E-state index in [4.69, 9.17) is 4.74 Å². The number of anilines is 1. The molecule has 8 heteroatoms. The zero-order valence-corrected chi connectivity index (χ0v) is 18.8. The number of amides is 4. The van der Waals surface area contributed by atoms with Crippen molar-refractivity contribution in [2.75, 3.05) is 38.1 Å². The number of carbonyl (C=O) groups is 3. The first kappa shape index (κ1) is 23.1. The van der Waals surface area contributed by atoms with E-state index in [0.29, 0.717) is 24.5 Å². The predicted molar refractivity (Wildman–Crippen MR) is 119 cm³/mol. The van der Waals surface area contributed by atoms with Crippen LogP contribution in [0.3, 0.4) is 0 Å². The average Bonchev–Trinajstić information content (AvgIpc) is 2.99. The van der Waals surface area contributed by atoms with Crippen LogP contribution < -0.4 is 15.4 Å². The molecule has 1 spiro atoms. The molecule has 0 radical (unpaired) electrons. The summed E-state index contributed by atoms with van der Waals surface area (Å²) in [6, 6.07) is 6.70. The van der Waals surface area contributed by atoms with Crippen LogP contribution in [0.5, 0.6) is 5.75 Å². The fraction of sp³-hybridized carbons (Fsp3) is 0.609. The Balaban J connectivity index is 1.61. The molecule has 0 aromatic heterocycles. The Morgan fingerprint density at radius 1 is 1.26 bits per heavy atom. The average molecular weight is 431 g/mol. The second-order valence-electron chi connectivity index (χ2n) is 8.36. The Bertz CT molecular complexity index is 811. The normalized spacial score (nSPS) is 23.4. The van der Waals surface area contributed by atoms with Gasteiger partial charge in [-0.15, -0.1) is 0 Å². The Labute approximate surface area is 184 Å². The van der Waals surface area contributed by atoms with Crippen LogP contribution in [0.1, 0.15) is 46.5 Å². The van der Waals surface area contributed by atoms with E-state index in [9.17, 15) is 14.4 Å². The summed E-state index contributed by atoms with van der Waals surface area (Å²) < 4.78 is 5.87. The maximum absolute atomic E-state index is 13.1. The van der Waals surface area contributed by atoms with Crippen LogP contribution in [0, 0.1) is 5.92 Å². The minimum absolute atomic E-state index is 0.0608. The Kier molecular flexibility index (Phi) is 7.54. The van der Waals surface area contributed by atoms with Crippen LogP contribution in [0.25, 0.3) is 0 Å². The van der Waals surface area contributed by atoms with Crippen molar-refractivity contribution in [3.63, 3.8) is 0 Å². The highest BCUT2D eigenvalue weighted by Crippen LogP contribution is 2.38. The number of rotatable bonds is 9. The molecule has 2 fully saturated rings. The van der Waals surface area contributed by atoms with Gasteiger partial charge in [-0.25, -0.2) is 4.79 Å². The third-order valence-corrected chi connectivity index (χ3v) is 6.52. The molecular weight excluding hydrogens is 396 g/mol. The molecule has 4 amide bonds. The number of ether oxygens (including phenoxy) is 1. The van der Waals surface area contributed by atoms with Gasteiger partial charge in [0.1, 0.15) is 24.4 Å². The lowest BCUT2D eigenvalue weighted by molar-refractivity contribution is -0.136. The van der Waals surface area contributed by atoms with Crippen LogP contribution in [0.15, 0.2) is 24.3 Å². The summed E-state index contributed by atoms with van der Waals surface area (Å²) in [5, 5.41) is 5.67. The molecule has 2 aliphatic rings. The summed E-state index contributed by atoms with van der Waals surface area (Å²) in [5.74, 6) is -0.0873. The molecule has 1 aliphatic carbocycles. The van der Waals surface area contributed by atoms with Crippen LogP contribution in [-0.4, -0.2) is 66.0 Å². The Morgan fingerprint density at radius 3 is 2.71 bits per heavy atom. The van der Waals surface area contributed by atoms with Crippen molar-refractivity contribution >= 4 is 23.5 Å². The summed E-state index contributed by atoms with van der Waals surface area (Å²) in [4.78, 5) is 41.5. The number of hydrogen-bond acceptors (Lipinski definition) is 5. The second-order valence-corrected chi connectivity index (χ2v) is 8.36.